The van der Waals surface area contributed by atoms with E-state index in [1.807, 2.05) is 17.0 Å². The number of benzene rings is 2. The summed E-state index contributed by atoms with van der Waals surface area (Å²) in [5.74, 6) is 1.57. The van der Waals surface area contributed by atoms with Crippen LogP contribution in [0.3, 0.4) is 0 Å². The average molecular weight is 408 g/mol. The maximum absolute atomic E-state index is 13.2. The minimum Gasteiger partial charge on any atom is -0.493 e. The molecule has 6 heteroatoms. The molecule has 0 saturated carbocycles. The van der Waals surface area contributed by atoms with Gasteiger partial charge < -0.3 is 14.4 Å². The maximum atomic E-state index is 13.2. The molecule has 27 heavy (non-hydrogen) atoms. The smallest absolute Gasteiger partial charge is 0.254 e. The van der Waals surface area contributed by atoms with Crippen molar-refractivity contribution in [2.45, 2.75) is 26.3 Å². The zero-order chi connectivity index (χ0) is 19.7. The Kier molecular flexibility index (Phi) is 5.87. The van der Waals surface area contributed by atoms with Crippen molar-refractivity contribution in [3.8, 4) is 11.5 Å². The molecule has 0 aliphatic carbocycles. The van der Waals surface area contributed by atoms with Crippen molar-refractivity contribution in [1.29, 1.82) is 0 Å². The molecule has 0 spiro atoms. The molecular formula is C21H23Cl2NO3. The normalized spacial score (nSPS) is 16.3. The summed E-state index contributed by atoms with van der Waals surface area (Å²) in [4.78, 5) is 15.1. The largest absolute Gasteiger partial charge is 0.493 e. The van der Waals surface area contributed by atoms with Crippen LogP contribution in [0.5, 0.6) is 11.5 Å². The molecule has 1 aliphatic rings. The number of hydrogen-bond acceptors (Lipinski definition) is 3. The van der Waals surface area contributed by atoms with Crippen LogP contribution in [0.15, 0.2) is 30.3 Å². The van der Waals surface area contributed by atoms with E-state index in [9.17, 15) is 4.79 Å². The van der Waals surface area contributed by atoms with Crippen LogP contribution >= 0.6 is 23.2 Å². The lowest BCUT2D eigenvalue weighted by Gasteiger charge is -2.40. The van der Waals surface area contributed by atoms with Crippen LogP contribution in [0, 0.1) is 5.92 Å². The Balaban J connectivity index is 2.03. The van der Waals surface area contributed by atoms with Crippen molar-refractivity contribution >= 4 is 29.1 Å². The quantitative estimate of drug-likeness (QED) is 0.680. The van der Waals surface area contributed by atoms with E-state index in [2.05, 4.69) is 13.8 Å². The SMILES string of the molecule is COc1cc2c(cc1OC)C(C(C)C)N(C(=O)c1ccc(Cl)c(Cl)c1)CC2. The fraction of sp³-hybridized carbons (Fsp3) is 0.381. The first-order valence-electron chi connectivity index (χ1n) is 8.88. The number of carbonyl (C=O) groups is 1. The molecule has 0 N–H and O–H groups in total. The van der Waals surface area contributed by atoms with E-state index >= 15 is 0 Å². The van der Waals surface area contributed by atoms with Gasteiger partial charge in [-0.25, -0.2) is 0 Å². The van der Waals surface area contributed by atoms with Gasteiger partial charge >= 0.3 is 0 Å². The van der Waals surface area contributed by atoms with Gasteiger partial charge in [0.2, 0.25) is 0 Å². The third-order valence-electron chi connectivity index (χ3n) is 4.98. The van der Waals surface area contributed by atoms with Crippen molar-refractivity contribution in [3.05, 3.63) is 57.1 Å². The van der Waals surface area contributed by atoms with Gasteiger partial charge in [0.15, 0.2) is 11.5 Å². The van der Waals surface area contributed by atoms with E-state index in [1.165, 1.54) is 5.56 Å². The van der Waals surface area contributed by atoms with Crippen molar-refractivity contribution < 1.29 is 14.3 Å². The van der Waals surface area contributed by atoms with Crippen LogP contribution in [-0.4, -0.2) is 31.6 Å². The minimum atomic E-state index is -0.0597. The Bertz CT molecular complexity index is 867. The van der Waals surface area contributed by atoms with E-state index < -0.39 is 0 Å². The summed E-state index contributed by atoms with van der Waals surface area (Å²) in [5.41, 5.74) is 2.82. The van der Waals surface area contributed by atoms with Crippen LogP contribution in [0.1, 0.15) is 41.4 Å². The topological polar surface area (TPSA) is 38.8 Å². The molecule has 3 rings (SSSR count). The highest BCUT2D eigenvalue weighted by Gasteiger charge is 2.34. The Morgan fingerprint density at radius 3 is 2.33 bits per heavy atom. The second-order valence-electron chi connectivity index (χ2n) is 6.97. The van der Waals surface area contributed by atoms with Crippen LogP contribution in [0.25, 0.3) is 0 Å². The number of hydrogen-bond donors (Lipinski definition) is 0. The Morgan fingerprint density at radius 1 is 1.07 bits per heavy atom. The zero-order valence-electron chi connectivity index (χ0n) is 15.9. The van der Waals surface area contributed by atoms with E-state index in [0.717, 1.165) is 12.0 Å². The van der Waals surface area contributed by atoms with Gasteiger partial charge in [-0.05, 0) is 53.8 Å². The fourth-order valence-corrected chi connectivity index (χ4v) is 4.02. The summed E-state index contributed by atoms with van der Waals surface area (Å²) in [6.45, 7) is 4.86. The van der Waals surface area contributed by atoms with Crippen molar-refractivity contribution in [3.63, 3.8) is 0 Å². The van der Waals surface area contributed by atoms with Gasteiger partial charge in [0.05, 0.1) is 30.3 Å². The molecule has 1 amide bonds. The summed E-state index contributed by atoms with van der Waals surface area (Å²) in [5, 5.41) is 0.821. The summed E-state index contributed by atoms with van der Waals surface area (Å²) < 4.78 is 10.9. The lowest BCUT2D eigenvalue weighted by molar-refractivity contribution is 0.0603. The van der Waals surface area contributed by atoms with Crippen molar-refractivity contribution in [2.24, 2.45) is 5.92 Å². The Morgan fingerprint density at radius 2 is 1.74 bits per heavy atom. The highest BCUT2D eigenvalue weighted by molar-refractivity contribution is 6.42. The zero-order valence-corrected chi connectivity index (χ0v) is 17.4. The second-order valence-corrected chi connectivity index (χ2v) is 7.79. The van der Waals surface area contributed by atoms with Crippen LogP contribution < -0.4 is 9.47 Å². The predicted molar refractivity (Wildman–Crippen MR) is 108 cm³/mol. The third-order valence-corrected chi connectivity index (χ3v) is 5.72. The fourth-order valence-electron chi connectivity index (χ4n) is 3.72. The first-order chi connectivity index (χ1) is 12.9. The van der Waals surface area contributed by atoms with E-state index in [1.54, 1.807) is 32.4 Å². The van der Waals surface area contributed by atoms with Crippen LogP contribution in [-0.2, 0) is 6.42 Å². The maximum Gasteiger partial charge on any atom is 0.254 e. The molecule has 0 bridgehead atoms. The van der Waals surface area contributed by atoms with Gasteiger partial charge in [-0.15, -0.1) is 0 Å². The molecule has 144 valence electrons. The predicted octanol–water partition coefficient (Wildman–Crippen LogP) is 5.41. The standard InChI is InChI=1S/C21H23Cl2NO3/c1-12(2)20-15-11-19(27-4)18(26-3)10-13(15)7-8-24(20)21(25)14-5-6-16(22)17(23)9-14/h5-6,9-12,20H,7-8H2,1-4H3. The average Bonchev–Trinajstić information content (AvgIpc) is 2.67. The summed E-state index contributed by atoms with van der Waals surface area (Å²) in [7, 11) is 3.25. The lowest BCUT2D eigenvalue weighted by Crippen LogP contribution is -2.42. The summed E-state index contributed by atoms with van der Waals surface area (Å²) >= 11 is 12.1. The van der Waals surface area contributed by atoms with Gasteiger partial charge in [-0.1, -0.05) is 37.0 Å². The van der Waals surface area contributed by atoms with Gasteiger partial charge in [-0.2, -0.15) is 0 Å². The Hall–Kier alpha value is -1.91. The monoisotopic (exact) mass is 407 g/mol. The first kappa shape index (κ1) is 19.8. The molecule has 1 heterocycles. The number of nitrogens with zero attached hydrogens (tertiary/aromatic N) is 1. The van der Waals surface area contributed by atoms with Crippen LogP contribution in [0.4, 0.5) is 0 Å². The highest BCUT2D eigenvalue weighted by Crippen LogP contribution is 2.41. The molecule has 1 unspecified atom stereocenters. The first-order valence-corrected chi connectivity index (χ1v) is 9.63. The number of fused-ring (bicyclic) bond motifs is 1. The molecule has 0 fully saturated rings. The molecule has 4 nitrogen and oxygen atoms in total. The lowest BCUT2D eigenvalue weighted by atomic mass is 9.85. The molecule has 2 aromatic carbocycles. The molecule has 0 aromatic heterocycles. The molecule has 2 aromatic rings. The van der Waals surface area contributed by atoms with Crippen molar-refractivity contribution in [1.82, 2.24) is 4.90 Å². The molecule has 1 aliphatic heterocycles. The second kappa shape index (κ2) is 7.99. The number of amides is 1. The van der Waals surface area contributed by atoms with Gasteiger partial charge in [0.25, 0.3) is 5.91 Å². The third kappa shape index (κ3) is 3.74. The Labute approximate surface area is 170 Å². The number of carbonyl (C=O) groups excluding carboxylic acids is 1. The number of halogens is 2. The summed E-state index contributed by atoms with van der Waals surface area (Å²) in [6, 6.07) is 8.96. The molecular weight excluding hydrogens is 385 g/mol. The number of methoxy groups -OCH3 is 2. The van der Waals surface area contributed by atoms with E-state index in [0.29, 0.717) is 33.7 Å². The minimum absolute atomic E-state index is 0.0484. The number of rotatable bonds is 4. The number of ether oxygens (including phenoxy) is 2. The van der Waals surface area contributed by atoms with Gasteiger partial charge in [0.1, 0.15) is 0 Å². The molecule has 0 radical (unpaired) electrons. The van der Waals surface area contributed by atoms with Crippen LogP contribution in [0.2, 0.25) is 10.0 Å². The highest BCUT2D eigenvalue weighted by atomic mass is 35.5. The van der Waals surface area contributed by atoms with Gasteiger partial charge in [0, 0.05) is 12.1 Å². The molecule has 0 saturated heterocycles. The van der Waals surface area contributed by atoms with E-state index in [4.69, 9.17) is 32.7 Å². The van der Waals surface area contributed by atoms with E-state index in [-0.39, 0.29) is 17.9 Å². The van der Waals surface area contributed by atoms with Gasteiger partial charge in [-0.3, -0.25) is 4.79 Å². The molecule has 1 atom stereocenters. The summed E-state index contributed by atoms with van der Waals surface area (Å²) in [6.07, 6.45) is 0.756. The van der Waals surface area contributed by atoms with Crippen molar-refractivity contribution in [2.75, 3.05) is 20.8 Å².